The molecule has 1 aromatic rings. The summed E-state index contributed by atoms with van der Waals surface area (Å²) in [6.45, 7) is 3.79. The zero-order valence-electron chi connectivity index (χ0n) is 9.40. The number of hydrogen-bond acceptors (Lipinski definition) is 4. The molecule has 5 nitrogen and oxygen atoms in total. The molecule has 1 heterocycles. The molecule has 88 valence electrons. The molecule has 1 rings (SSSR count). The van der Waals surface area contributed by atoms with Crippen LogP contribution in [0.4, 0.5) is 0 Å². The molecule has 0 aliphatic rings. The van der Waals surface area contributed by atoms with Crippen molar-refractivity contribution in [2.75, 3.05) is 19.8 Å². The van der Waals surface area contributed by atoms with Crippen LogP contribution in [0.3, 0.4) is 0 Å². The van der Waals surface area contributed by atoms with Crippen LogP contribution in [0.15, 0.2) is 18.2 Å². The molecular weight excluding hydrogens is 206 g/mol. The lowest BCUT2D eigenvalue weighted by molar-refractivity contribution is 0.0990. The predicted octanol–water partition coefficient (Wildman–Crippen LogP) is 1.17. The van der Waals surface area contributed by atoms with Gasteiger partial charge in [-0.2, -0.15) is 0 Å². The number of hydrogen-bond donors (Lipinski definition) is 2. The highest BCUT2D eigenvalue weighted by Crippen LogP contribution is 2.06. The highest BCUT2D eigenvalue weighted by molar-refractivity contribution is 5.93. The fourth-order valence-electron chi connectivity index (χ4n) is 1.10. The number of nitrogens with zero attached hydrogens (tertiary/aromatic N) is 1. The maximum absolute atomic E-state index is 7.24. The minimum Gasteiger partial charge on any atom is -0.475 e. The number of ether oxygens (including phenoxy) is 2. The van der Waals surface area contributed by atoms with E-state index in [9.17, 15) is 0 Å². The topological polar surface area (TPSA) is 81.2 Å². The molecule has 0 spiro atoms. The summed E-state index contributed by atoms with van der Waals surface area (Å²) in [6.07, 6.45) is 0.998. The average molecular weight is 223 g/mol. The molecule has 0 atom stereocenters. The second-order valence-corrected chi connectivity index (χ2v) is 3.24. The van der Waals surface area contributed by atoms with Gasteiger partial charge in [-0.3, -0.25) is 5.41 Å². The van der Waals surface area contributed by atoms with Crippen LogP contribution in [-0.2, 0) is 4.74 Å². The van der Waals surface area contributed by atoms with E-state index in [2.05, 4.69) is 11.9 Å². The minimum atomic E-state index is -0.0623. The summed E-state index contributed by atoms with van der Waals surface area (Å²) in [4.78, 5) is 4.06. The molecule has 3 N–H and O–H groups in total. The smallest absolute Gasteiger partial charge is 0.213 e. The van der Waals surface area contributed by atoms with Crippen molar-refractivity contribution in [2.45, 2.75) is 13.3 Å². The standard InChI is InChI=1S/C11H17N3O2/c1-2-6-15-7-8-16-10-5-3-4-9(14-10)11(12)13/h3-5H,2,6-8H2,1H3,(H3,12,13). The van der Waals surface area contributed by atoms with E-state index in [-0.39, 0.29) is 5.84 Å². The molecule has 0 aliphatic carbocycles. The number of amidine groups is 1. The van der Waals surface area contributed by atoms with Crippen molar-refractivity contribution in [2.24, 2.45) is 5.73 Å². The van der Waals surface area contributed by atoms with Crippen molar-refractivity contribution in [3.05, 3.63) is 23.9 Å². The van der Waals surface area contributed by atoms with Gasteiger partial charge in [-0.05, 0) is 12.5 Å². The summed E-state index contributed by atoms with van der Waals surface area (Å²) in [5.41, 5.74) is 5.74. The van der Waals surface area contributed by atoms with Gasteiger partial charge in [0, 0.05) is 12.7 Å². The summed E-state index contributed by atoms with van der Waals surface area (Å²) >= 11 is 0. The van der Waals surface area contributed by atoms with Crippen molar-refractivity contribution in [3.63, 3.8) is 0 Å². The molecule has 0 amide bonds. The Morgan fingerprint density at radius 1 is 1.38 bits per heavy atom. The van der Waals surface area contributed by atoms with Gasteiger partial charge in [0.05, 0.1) is 6.61 Å². The van der Waals surface area contributed by atoms with E-state index >= 15 is 0 Å². The first-order valence-corrected chi connectivity index (χ1v) is 5.26. The maximum atomic E-state index is 7.24. The van der Waals surface area contributed by atoms with Gasteiger partial charge in [-0.1, -0.05) is 13.0 Å². The maximum Gasteiger partial charge on any atom is 0.213 e. The zero-order valence-corrected chi connectivity index (χ0v) is 9.40. The van der Waals surface area contributed by atoms with Crippen LogP contribution in [0.1, 0.15) is 19.0 Å². The molecule has 0 fully saturated rings. The summed E-state index contributed by atoms with van der Waals surface area (Å²) in [6, 6.07) is 5.15. The number of pyridine rings is 1. The second-order valence-electron chi connectivity index (χ2n) is 3.24. The lowest BCUT2D eigenvalue weighted by atomic mass is 10.3. The fraction of sp³-hybridized carbons (Fsp3) is 0.455. The van der Waals surface area contributed by atoms with Gasteiger partial charge in [0.15, 0.2) is 0 Å². The van der Waals surface area contributed by atoms with Gasteiger partial charge in [0.1, 0.15) is 18.1 Å². The number of nitrogens with two attached hydrogens (primary N) is 1. The van der Waals surface area contributed by atoms with Crippen LogP contribution < -0.4 is 10.5 Å². The van der Waals surface area contributed by atoms with E-state index in [0.717, 1.165) is 13.0 Å². The molecule has 0 saturated heterocycles. The molecule has 16 heavy (non-hydrogen) atoms. The van der Waals surface area contributed by atoms with Crippen LogP contribution in [0.2, 0.25) is 0 Å². The van der Waals surface area contributed by atoms with Gasteiger partial charge < -0.3 is 15.2 Å². The van der Waals surface area contributed by atoms with Gasteiger partial charge >= 0.3 is 0 Å². The quantitative estimate of drug-likeness (QED) is 0.413. The third-order valence-electron chi connectivity index (χ3n) is 1.83. The molecule has 0 aliphatic heterocycles. The van der Waals surface area contributed by atoms with Gasteiger partial charge in [0.2, 0.25) is 5.88 Å². The lowest BCUT2D eigenvalue weighted by Gasteiger charge is -2.06. The Labute approximate surface area is 95.1 Å². The average Bonchev–Trinajstić information content (AvgIpc) is 2.29. The lowest BCUT2D eigenvalue weighted by Crippen LogP contribution is -2.14. The van der Waals surface area contributed by atoms with Crippen molar-refractivity contribution >= 4 is 5.84 Å². The molecular formula is C11H17N3O2. The monoisotopic (exact) mass is 223 g/mol. The van der Waals surface area contributed by atoms with Gasteiger partial charge in [0.25, 0.3) is 0 Å². The van der Waals surface area contributed by atoms with Crippen molar-refractivity contribution in [1.29, 1.82) is 5.41 Å². The normalized spacial score (nSPS) is 10.1. The van der Waals surface area contributed by atoms with Gasteiger partial charge in [-0.25, -0.2) is 4.98 Å². The van der Waals surface area contributed by atoms with Crippen molar-refractivity contribution in [1.82, 2.24) is 4.98 Å². The summed E-state index contributed by atoms with van der Waals surface area (Å²) < 4.78 is 10.6. The van der Waals surface area contributed by atoms with Crippen LogP contribution in [0, 0.1) is 5.41 Å². The van der Waals surface area contributed by atoms with Crippen LogP contribution in [0.25, 0.3) is 0 Å². The zero-order chi connectivity index (χ0) is 11.8. The summed E-state index contributed by atoms with van der Waals surface area (Å²) in [5.74, 6) is 0.403. The SMILES string of the molecule is CCCOCCOc1cccc(C(=N)N)n1. The largest absolute Gasteiger partial charge is 0.475 e. The summed E-state index contributed by atoms with van der Waals surface area (Å²) in [7, 11) is 0. The van der Waals surface area contributed by atoms with Crippen molar-refractivity contribution in [3.8, 4) is 5.88 Å². The molecule has 5 heteroatoms. The van der Waals surface area contributed by atoms with Crippen LogP contribution >= 0.6 is 0 Å². The number of aromatic nitrogens is 1. The third kappa shape index (κ3) is 4.27. The van der Waals surface area contributed by atoms with E-state index in [1.165, 1.54) is 0 Å². The van der Waals surface area contributed by atoms with E-state index < -0.39 is 0 Å². The summed E-state index contributed by atoms with van der Waals surface area (Å²) in [5, 5.41) is 7.24. The highest BCUT2D eigenvalue weighted by Gasteiger charge is 2.00. The third-order valence-corrected chi connectivity index (χ3v) is 1.83. The first-order chi connectivity index (χ1) is 7.74. The Morgan fingerprint density at radius 2 is 2.19 bits per heavy atom. The molecule has 0 saturated carbocycles. The molecule has 0 aromatic carbocycles. The number of rotatable bonds is 7. The Bertz CT molecular complexity index is 342. The predicted molar refractivity (Wildman–Crippen MR) is 61.9 cm³/mol. The molecule has 0 bridgehead atoms. The second kappa shape index (κ2) is 6.79. The number of nitrogen functional groups attached to an aromatic ring is 1. The van der Waals surface area contributed by atoms with E-state index in [4.69, 9.17) is 20.6 Å². The molecule has 1 aromatic heterocycles. The van der Waals surface area contributed by atoms with Crippen LogP contribution in [0.5, 0.6) is 5.88 Å². The van der Waals surface area contributed by atoms with E-state index in [0.29, 0.717) is 24.8 Å². The Hall–Kier alpha value is -1.62. The molecule has 0 unspecified atom stereocenters. The number of nitrogens with one attached hydrogen (secondary N) is 1. The van der Waals surface area contributed by atoms with Crippen LogP contribution in [-0.4, -0.2) is 30.6 Å². The molecule has 0 radical (unpaired) electrons. The van der Waals surface area contributed by atoms with E-state index in [1.807, 2.05) is 0 Å². The fourth-order valence-corrected chi connectivity index (χ4v) is 1.10. The highest BCUT2D eigenvalue weighted by atomic mass is 16.5. The Balaban J connectivity index is 2.36. The first-order valence-electron chi connectivity index (χ1n) is 5.26. The van der Waals surface area contributed by atoms with Crippen molar-refractivity contribution < 1.29 is 9.47 Å². The Morgan fingerprint density at radius 3 is 2.88 bits per heavy atom. The van der Waals surface area contributed by atoms with E-state index in [1.54, 1.807) is 18.2 Å². The van der Waals surface area contributed by atoms with Gasteiger partial charge in [-0.15, -0.1) is 0 Å². The Kier molecular flexibility index (Phi) is 5.28. The minimum absolute atomic E-state index is 0.0623. The first kappa shape index (κ1) is 12.4.